The Hall–Kier alpha value is -2.68. The van der Waals surface area contributed by atoms with Crippen LogP contribution in [0.1, 0.15) is 36.3 Å². The van der Waals surface area contributed by atoms with Gasteiger partial charge < -0.3 is 15.7 Å². The molecule has 32 heavy (non-hydrogen) atoms. The molecule has 3 atom stereocenters. The second kappa shape index (κ2) is 9.05. The Bertz CT molecular complexity index is 946. The summed E-state index contributed by atoms with van der Waals surface area (Å²) in [6.07, 6.45) is -1.48. The molecule has 1 aliphatic carbocycles. The second-order valence-electron chi connectivity index (χ2n) is 8.77. The highest BCUT2D eigenvalue weighted by Gasteiger charge is 2.69. The quantitative estimate of drug-likeness (QED) is 0.562. The van der Waals surface area contributed by atoms with E-state index in [1.54, 1.807) is 37.2 Å². The van der Waals surface area contributed by atoms with E-state index in [9.17, 15) is 27.5 Å². The zero-order valence-corrected chi connectivity index (χ0v) is 17.9. The number of nitrogens with two attached hydrogens (primary N) is 1. The van der Waals surface area contributed by atoms with Crippen LogP contribution in [-0.4, -0.2) is 47.2 Å². The third kappa shape index (κ3) is 4.87. The summed E-state index contributed by atoms with van der Waals surface area (Å²) in [5.41, 5.74) is 4.56. The molecule has 9 heteroatoms. The van der Waals surface area contributed by atoms with Gasteiger partial charge in [-0.2, -0.15) is 13.2 Å². The molecule has 1 aliphatic rings. The normalized spacial score (nSPS) is 18.2. The molecular formula is C23H27F4N3O2. The van der Waals surface area contributed by atoms with Gasteiger partial charge in [-0.3, -0.25) is 9.78 Å². The first kappa shape index (κ1) is 24.0. The van der Waals surface area contributed by atoms with Crippen LogP contribution in [0.5, 0.6) is 5.75 Å². The van der Waals surface area contributed by atoms with E-state index in [4.69, 9.17) is 5.73 Å². The van der Waals surface area contributed by atoms with E-state index in [0.717, 1.165) is 0 Å². The lowest BCUT2D eigenvalue weighted by atomic mass is 9.71. The third-order valence-corrected chi connectivity index (χ3v) is 6.50. The molecule has 2 aromatic rings. The average molecular weight is 453 g/mol. The third-order valence-electron chi connectivity index (χ3n) is 6.50. The van der Waals surface area contributed by atoms with Gasteiger partial charge in [-0.1, -0.05) is 12.1 Å². The number of phenolic OH excluding ortho intramolecular Hbond substituents is 1. The summed E-state index contributed by atoms with van der Waals surface area (Å²) in [7, 11) is 3.49. The highest BCUT2D eigenvalue weighted by atomic mass is 19.4. The topological polar surface area (TPSA) is 79.5 Å². The lowest BCUT2D eigenvalue weighted by Crippen LogP contribution is -2.43. The van der Waals surface area contributed by atoms with E-state index >= 15 is 0 Å². The molecule has 1 fully saturated rings. The van der Waals surface area contributed by atoms with Crippen LogP contribution in [0.15, 0.2) is 42.7 Å². The van der Waals surface area contributed by atoms with Crippen molar-refractivity contribution < 1.29 is 27.5 Å². The van der Waals surface area contributed by atoms with Crippen LogP contribution < -0.4 is 5.73 Å². The van der Waals surface area contributed by atoms with Gasteiger partial charge in [-0.05, 0) is 69.1 Å². The summed E-state index contributed by atoms with van der Waals surface area (Å²) in [6, 6.07) is 6.67. The van der Waals surface area contributed by atoms with Crippen LogP contribution in [0, 0.1) is 17.2 Å². The summed E-state index contributed by atoms with van der Waals surface area (Å²) < 4.78 is 56.2. The Labute approximate surface area is 184 Å². The number of primary amides is 1. The number of alkyl halides is 3. The predicted molar refractivity (Wildman–Crippen MR) is 111 cm³/mol. The Morgan fingerprint density at radius 3 is 2.44 bits per heavy atom. The zero-order valence-electron chi connectivity index (χ0n) is 17.9. The molecule has 0 radical (unpaired) electrons. The number of nitrogens with zero attached hydrogens (tertiary/aromatic N) is 2. The molecule has 1 amide bonds. The first-order chi connectivity index (χ1) is 15.0. The Kier molecular flexibility index (Phi) is 6.78. The van der Waals surface area contributed by atoms with Crippen molar-refractivity contribution in [2.24, 2.45) is 17.1 Å². The fourth-order valence-electron chi connectivity index (χ4n) is 4.54. The summed E-state index contributed by atoms with van der Waals surface area (Å²) in [4.78, 5) is 18.3. The zero-order chi connectivity index (χ0) is 23.7. The van der Waals surface area contributed by atoms with Gasteiger partial charge in [0.05, 0.1) is 5.41 Å². The van der Waals surface area contributed by atoms with E-state index in [0.29, 0.717) is 11.1 Å². The fraction of sp³-hybridized carbons (Fsp3) is 0.478. The van der Waals surface area contributed by atoms with Crippen molar-refractivity contribution in [3.05, 3.63) is 59.7 Å². The Balaban J connectivity index is 1.97. The molecule has 1 aromatic carbocycles. The van der Waals surface area contributed by atoms with Gasteiger partial charge in [0.15, 0.2) is 11.6 Å². The standard InChI is InChI=1S/C23H27F4N3O2/c1-30(2)16(10-14-5-6-19(31)18(24)11-14)12-17(21(28)32)20(15-4-3-9-29-13-15)22(7-8-22)23(25,26)27/h3-6,9,11,13,16-17,20,31H,7-8,10,12H2,1-2H3,(H2,28,32)/t16-,17?,20?/m1/s1. The number of phenols is 1. The number of carbonyl (C=O) groups is 1. The maximum absolute atomic E-state index is 14.1. The Morgan fingerprint density at radius 1 is 1.28 bits per heavy atom. The molecule has 2 unspecified atom stereocenters. The van der Waals surface area contributed by atoms with Crippen LogP contribution in [0.4, 0.5) is 17.6 Å². The highest BCUT2D eigenvalue weighted by molar-refractivity contribution is 5.78. The van der Waals surface area contributed by atoms with Crippen LogP contribution in [-0.2, 0) is 11.2 Å². The largest absolute Gasteiger partial charge is 0.505 e. The van der Waals surface area contributed by atoms with Crippen LogP contribution >= 0.6 is 0 Å². The van der Waals surface area contributed by atoms with Gasteiger partial charge >= 0.3 is 6.18 Å². The van der Waals surface area contributed by atoms with E-state index in [1.807, 2.05) is 0 Å². The maximum atomic E-state index is 14.1. The van der Waals surface area contributed by atoms with Crippen molar-refractivity contribution in [3.63, 3.8) is 0 Å². The molecule has 0 spiro atoms. The number of likely N-dealkylation sites (N-methyl/N-ethyl adjacent to an activating group) is 1. The molecule has 5 nitrogen and oxygen atoms in total. The SMILES string of the molecule is CN(C)[C@H](Cc1ccc(O)c(F)c1)CC(C(N)=O)C(c1cccnc1)C1(C(F)(F)F)CC1. The van der Waals surface area contributed by atoms with Gasteiger partial charge in [-0.25, -0.2) is 4.39 Å². The van der Waals surface area contributed by atoms with E-state index < -0.39 is 40.9 Å². The number of carbonyl (C=O) groups excluding carboxylic acids is 1. The molecule has 0 saturated heterocycles. The van der Waals surface area contributed by atoms with Crippen molar-refractivity contribution >= 4 is 5.91 Å². The van der Waals surface area contributed by atoms with E-state index in [1.165, 1.54) is 24.5 Å². The van der Waals surface area contributed by atoms with Crippen molar-refractivity contribution in [1.82, 2.24) is 9.88 Å². The summed E-state index contributed by atoms with van der Waals surface area (Å²) >= 11 is 0. The van der Waals surface area contributed by atoms with Gasteiger partial charge in [0.25, 0.3) is 0 Å². The van der Waals surface area contributed by atoms with Gasteiger partial charge in [0, 0.05) is 30.3 Å². The molecule has 1 aromatic heterocycles. The average Bonchev–Trinajstić information content (AvgIpc) is 3.52. The lowest BCUT2D eigenvalue weighted by Gasteiger charge is -2.37. The molecule has 1 saturated carbocycles. The van der Waals surface area contributed by atoms with E-state index in [2.05, 4.69) is 4.98 Å². The smallest absolute Gasteiger partial charge is 0.395 e. The molecule has 0 bridgehead atoms. The maximum Gasteiger partial charge on any atom is 0.395 e. The first-order valence-electron chi connectivity index (χ1n) is 10.4. The van der Waals surface area contributed by atoms with Crippen molar-refractivity contribution in [3.8, 4) is 5.75 Å². The molecule has 1 heterocycles. The number of amides is 1. The summed E-state index contributed by atoms with van der Waals surface area (Å²) in [5, 5.41) is 9.42. The molecule has 174 valence electrons. The number of hydrogen-bond donors (Lipinski definition) is 2. The lowest BCUT2D eigenvalue weighted by molar-refractivity contribution is -0.198. The predicted octanol–water partition coefficient (Wildman–Crippen LogP) is 4.02. The number of rotatable bonds is 9. The van der Waals surface area contributed by atoms with Crippen LogP contribution in [0.3, 0.4) is 0 Å². The molecular weight excluding hydrogens is 426 g/mol. The Morgan fingerprint density at radius 2 is 1.97 bits per heavy atom. The monoisotopic (exact) mass is 453 g/mol. The van der Waals surface area contributed by atoms with Gasteiger partial charge in [-0.15, -0.1) is 0 Å². The summed E-state index contributed by atoms with van der Waals surface area (Å²) in [6.45, 7) is 0. The minimum atomic E-state index is -4.49. The number of hydrogen-bond acceptors (Lipinski definition) is 4. The minimum Gasteiger partial charge on any atom is -0.505 e. The number of aromatic hydroxyl groups is 1. The van der Waals surface area contributed by atoms with Crippen molar-refractivity contribution in [1.29, 1.82) is 0 Å². The van der Waals surface area contributed by atoms with Gasteiger partial charge in [0.1, 0.15) is 0 Å². The molecule has 0 aliphatic heterocycles. The fourth-order valence-corrected chi connectivity index (χ4v) is 4.54. The highest BCUT2D eigenvalue weighted by Crippen LogP contribution is 2.67. The van der Waals surface area contributed by atoms with Gasteiger partial charge in [0.2, 0.25) is 5.91 Å². The molecule has 3 N–H and O–H groups in total. The minimum absolute atomic E-state index is 0.0578. The number of halogens is 4. The van der Waals surface area contributed by atoms with E-state index in [-0.39, 0.29) is 31.7 Å². The molecule has 3 rings (SSSR count). The number of benzene rings is 1. The first-order valence-corrected chi connectivity index (χ1v) is 10.4. The van der Waals surface area contributed by atoms with Crippen molar-refractivity contribution in [2.45, 2.75) is 43.8 Å². The number of pyridine rings is 1. The number of aromatic nitrogens is 1. The second-order valence-corrected chi connectivity index (χ2v) is 8.77. The van der Waals surface area contributed by atoms with Crippen molar-refractivity contribution in [2.75, 3.05) is 14.1 Å². The van der Waals surface area contributed by atoms with Crippen LogP contribution in [0.25, 0.3) is 0 Å². The van der Waals surface area contributed by atoms with Crippen LogP contribution in [0.2, 0.25) is 0 Å². The summed E-state index contributed by atoms with van der Waals surface area (Å²) in [5.74, 6) is -4.33.